The van der Waals surface area contributed by atoms with Crippen LogP contribution in [0.25, 0.3) is 6.08 Å². The van der Waals surface area contributed by atoms with Gasteiger partial charge in [0.25, 0.3) is 0 Å². The van der Waals surface area contributed by atoms with E-state index in [4.69, 9.17) is 0 Å². The van der Waals surface area contributed by atoms with Crippen LogP contribution in [-0.4, -0.2) is 41.7 Å². The standard InChI is InChI=1S/C26H23N3O3/c1-27-24(30)23(25(31)28(2)26(27)32)18-15-19-13-16-22(17-14-19)29(20-9-5-3-6-10-20)21-11-7-4-8-12-21/h3-18,23H,1-2H3. The molecule has 3 aromatic carbocycles. The summed E-state index contributed by atoms with van der Waals surface area (Å²) in [6.45, 7) is 0. The van der Waals surface area contributed by atoms with E-state index < -0.39 is 23.8 Å². The maximum atomic E-state index is 12.4. The quantitative estimate of drug-likeness (QED) is 0.549. The number of imide groups is 2. The molecule has 1 aliphatic rings. The number of carbonyl (C=O) groups excluding carboxylic acids is 3. The number of amides is 4. The second-order valence-corrected chi connectivity index (χ2v) is 7.51. The summed E-state index contributed by atoms with van der Waals surface area (Å²) < 4.78 is 0. The van der Waals surface area contributed by atoms with E-state index in [0.29, 0.717) is 0 Å². The van der Waals surface area contributed by atoms with Crippen molar-refractivity contribution in [2.45, 2.75) is 0 Å². The topological polar surface area (TPSA) is 60.9 Å². The number of carbonyl (C=O) groups is 3. The minimum absolute atomic E-state index is 0.523. The fourth-order valence-corrected chi connectivity index (χ4v) is 3.64. The zero-order valence-electron chi connectivity index (χ0n) is 17.9. The van der Waals surface area contributed by atoms with Crippen LogP contribution in [0.3, 0.4) is 0 Å². The molecule has 0 atom stereocenters. The Labute approximate surface area is 187 Å². The number of nitrogens with zero attached hydrogens (tertiary/aromatic N) is 3. The number of hydrogen-bond acceptors (Lipinski definition) is 4. The fraction of sp³-hybridized carbons (Fsp3) is 0.115. The molecular formula is C26H23N3O3. The first-order valence-corrected chi connectivity index (χ1v) is 10.2. The number of urea groups is 1. The molecule has 0 unspecified atom stereocenters. The first-order chi connectivity index (χ1) is 15.5. The van der Waals surface area contributed by atoms with Gasteiger partial charge in [-0.2, -0.15) is 0 Å². The second kappa shape index (κ2) is 8.89. The molecule has 0 radical (unpaired) electrons. The van der Waals surface area contributed by atoms with E-state index in [-0.39, 0.29) is 0 Å². The molecule has 4 amide bonds. The highest BCUT2D eigenvalue weighted by Crippen LogP contribution is 2.34. The molecule has 6 nitrogen and oxygen atoms in total. The highest BCUT2D eigenvalue weighted by Gasteiger charge is 2.40. The molecule has 6 heteroatoms. The Morgan fingerprint density at radius 1 is 0.656 bits per heavy atom. The summed E-state index contributed by atoms with van der Waals surface area (Å²) in [6, 6.07) is 27.4. The molecule has 1 fully saturated rings. The smallest absolute Gasteiger partial charge is 0.311 e. The van der Waals surface area contributed by atoms with Crippen LogP contribution in [0.15, 0.2) is 91.0 Å². The van der Waals surface area contributed by atoms with Crippen molar-refractivity contribution in [1.82, 2.24) is 9.80 Å². The number of benzene rings is 3. The van der Waals surface area contributed by atoms with Crippen molar-refractivity contribution < 1.29 is 14.4 Å². The zero-order valence-corrected chi connectivity index (χ0v) is 17.9. The van der Waals surface area contributed by atoms with Crippen LogP contribution >= 0.6 is 0 Å². The monoisotopic (exact) mass is 425 g/mol. The maximum Gasteiger partial charge on any atom is 0.332 e. The maximum absolute atomic E-state index is 12.4. The molecule has 0 aromatic heterocycles. The average Bonchev–Trinajstić information content (AvgIpc) is 2.84. The lowest BCUT2D eigenvalue weighted by molar-refractivity contribution is -0.145. The summed E-state index contributed by atoms with van der Waals surface area (Å²) in [7, 11) is 2.76. The molecule has 4 rings (SSSR count). The number of anilines is 3. The van der Waals surface area contributed by atoms with Crippen LogP contribution in [0.1, 0.15) is 5.56 Å². The fourth-order valence-electron chi connectivity index (χ4n) is 3.64. The summed E-state index contributed by atoms with van der Waals surface area (Å²) in [5, 5.41) is 0. The first kappa shape index (κ1) is 21.1. The minimum atomic E-state index is -1.01. The third-order valence-corrected chi connectivity index (χ3v) is 5.43. The molecular weight excluding hydrogens is 402 g/mol. The van der Waals surface area contributed by atoms with Gasteiger partial charge >= 0.3 is 6.03 Å². The van der Waals surface area contributed by atoms with Gasteiger partial charge in [0.05, 0.1) is 0 Å². The van der Waals surface area contributed by atoms with Crippen LogP contribution < -0.4 is 4.90 Å². The number of rotatable bonds is 5. The number of para-hydroxylation sites is 2. The Bertz CT molecular complexity index is 1090. The molecule has 0 N–H and O–H groups in total. The van der Waals surface area contributed by atoms with Gasteiger partial charge in [0.2, 0.25) is 11.8 Å². The van der Waals surface area contributed by atoms with E-state index in [9.17, 15) is 14.4 Å². The molecule has 1 saturated heterocycles. The van der Waals surface area contributed by atoms with Crippen molar-refractivity contribution in [3.05, 3.63) is 96.6 Å². The summed E-state index contributed by atoms with van der Waals surface area (Å²) in [5.74, 6) is -2.05. The van der Waals surface area contributed by atoms with Gasteiger partial charge in [-0.15, -0.1) is 0 Å². The highest BCUT2D eigenvalue weighted by molar-refractivity contribution is 6.17. The van der Waals surface area contributed by atoms with Crippen LogP contribution in [0.4, 0.5) is 21.9 Å². The van der Waals surface area contributed by atoms with E-state index in [0.717, 1.165) is 32.4 Å². The molecule has 0 bridgehead atoms. The molecule has 0 saturated carbocycles. The van der Waals surface area contributed by atoms with Gasteiger partial charge in [-0.3, -0.25) is 19.4 Å². The van der Waals surface area contributed by atoms with Gasteiger partial charge in [-0.25, -0.2) is 4.79 Å². The van der Waals surface area contributed by atoms with Crippen molar-refractivity contribution in [2.24, 2.45) is 5.92 Å². The summed E-state index contributed by atoms with van der Waals surface area (Å²) >= 11 is 0. The van der Waals surface area contributed by atoms with Crippen molar-refractivity contribution in [2.75, 3.05) is 19.0 Å². The molecule has 1 aliphatic heterocycles. The summed E-state index contributed by atoms with van der Waals surface area (Å²) in [5.41, 5.74) is 3.90. The lowest BCUT2D eigenvalue weighted by Crippen LogP contribution is -2.56. The molecule has 160 valence electrons. The SMILES string of the molecule is CN1C(=O)C(C=Cc2ccc(N(c3ccccc3)c3ccccc3)cc2)C(=O)N(C)C1=O. The van der Waals surface area contributed by atoms with Crippen LogP contribution in [0.5, 0.6) is 0 Å². The van der Waals surface area contributed by atoms with Gasteiger partial charge in [-0.1, -0.05) is 60.7 Å². The van der Waals surface area contributed by atoms with Crippen LogP contribution in [0.2, 0.25) is 0 Å². The van der Waals surface area contributed by atoms with Crippen molar-refractivity contribution in [1.29, 1.82) is 0 Å². The second-order valence-electron chi connectivity index (χ2n) is 7.51. The third kappa shape index (κ3) is 4.03. The Hall–Kier alpha value is -4.19. The average molecular weight is 425 g/mol. The van der Waals surface area contributed by atoms with E-state index in [2.05, 4.69) is 29.2 Å². The Balaban J connectivity index is 1.60. The van der Waals surface area contributed by atoms with E-state index >= 15 is 0 Å². The van der Waals surface area contributed by atoms with E-state index in [1.54, 1.807) is 12.2 Å². The summed E-state index contributed by atoms with van der Waals surface area (Å²) in [6.07, 6.45) is 3.28. The first-order valence-electron chi connectivity index (χ1n) is 10.2. The molecule has 0 spiro atoms. The van der Waals surface area contributed by atoms with Crippen LogP contribution in [0, 0.1) is 5.92 Å². The minimum Gasteiger partial charge on any atom is -0.311 e. The Kier molecular flexibility index (Phi) is 5.85. The summed E-state index contributed by atoms with van der Waals surface area (Å²) in [4.78, 5) is 40.7. The molecule has 0 aliphatic carbocycles. The predicted octanol–water partition coefficient (Wildman–Crippen LogP) is 4.84. The zero-order chi connectivity index (χ0) is 22.7. The lowest BCUT2D eigenvalue weighted by atomic mass is 10.0. The lowest BCUT2D eigenvalue weighted by Gasteiger charge is -2.31. The van der Waals surface area contributed by atoms with Gasteiger partial charge in [-0.05, 0) is 42.0 Å². The van der Waals surface area contributed by atoms with E-state index in [1.165, 1.54) is 14.1 Å². The molecule has 3 aromatic rings. The van der Waals surface area contributed by atoms with Gasteiger partial charge < -0.3 is 4.90 Å². The number of barbiturate groups is 1. The number of hydrogen-bond donors (Lipinski definition) is 0. The van der Waals surface area contributed by atoms with Gasteiger partial charge in [0.15, 0.2) is 0 Å². The van der Waals surface area contributed by atoms with Gasteiger partial charge in [0.1, 0.15) is 5.92 Å². The Morgan fingerprint density at radius 3 is 1.56 bits per heavy atom. The molecule has 32 heavy (non-hydrogen) atoms. The Morgan fingerprint density at radius 2 is 1.09 bits per heavy atom. The van der Waals surface area contributed by atoms with E-state index in [1.807, 2.05) is 60.7 Å². The van der Waals surface area contributed by atoms with Gasteiger partial charge in [0, 0.05) is 31.2 Å². The van der Waals surface area contributed by atoms with Crippen molar-refractivity contribution >= 4 is 41.0 Å². The highest BCUT2D eigenvalue weighted by atomic mass is 16.2. The predicted molar refractivity (Wildman–Crippen MR) is 125 cm³/mol. The molecule has 1 heterocycles. The third-order valence-electron chi connectivity index (χ3n) is 5.43. The van der Waals surface area contributed by atoms with Crippen LogP contribution in [-0.2, 0) is 9.59 Å². The van der Waals surface area contributed by atoms with Crippen molar-refractivity contribution in [3.8, 4) is 0 Å². The normalized spacial score (nSPS) is 15.0. The largest absolute Gasteiger partial charge is 0.332 e. The van der Waals surface area contributed by atoms with Crippen molar-refractivity contribution in [3.63, 3.8) is 0 Å².